The van der Waals surface area contributed by atoms with Gasteiger partial charge in [0.1, 0.15) is 6.29 Å². The first-order valence-electron chi connectivity index (χ1n) is 10.4. The van der Waals surface area contributed by atoms with Gasteiger partial charge < -0.3 is 15.2 Å². The lowest BCUT2D eigenvalue weighted by Gasteiger charge is -2.19. The number of aliphatic carboxylic acids is 1. The van der Waals surface area contributed by atoms with Crippen LogP contribution in [0.4, 0.5) is 13.2 Å². The molecule has 32 heavy (non-hydrogen) atoms. The third-order valence-electron chi connectivity index (χ3n) is 5.81. The predicted molar refractivity (Wildman–Crippen MR) is 109 cm³/mol. The van der Waals surface area contributed by atoms with Crippen molar-refractivity contribution in [2.24, 2.45) is 5.92 Å². The molecule has 0 aliphatic heterocycles. The molecular formula is C22H24F3N3O4. The van der Waals surface area contributed by atoms with E-state index in [-0.39, 0.29) is 29.4 Å². The highest BCUT2D eigenvalue weighted by Crippen LogP contribution is 2.40. The maximum Gasteiger partial charge on any atom is 0.417 e. The van der Waals surface area contributed by atoms with Crippen molar-refractivity contribution in [3.05, 3.63) is 41.6 Å². The van der Waals surface area contributed by atoms with Crippen LogP contribution in [0.3, 0.4) is 0 Å². The van der Waals surface area contributed by atoms with E-state index in [9.17, 15) is 32.7 Å². The quantitative estimate of drug-likeness (QED) is 0.589. The Labute approximate surface area is 182 Å². The Bertz CT molecular complexity index is 997. The number of nitrogens with zero attached hydrogens (tertiary/aromatic N) is 2. The highest BCUT2D eigenvalue weighted by molar-refractivity contribution is 5.94. The second-order valence-electron chi connectivity index (χ2n) is 7.95. The summed E-state index contributed by atoms with van der Waals surface area (Å²) in [6.45, 7) is 1.36. The Morgan fingerprint density at radius 2 is 1.94 bits per heavy atom. The molecule has 1 aromatic carbocycles. The highest BCUT2D eigenvalue weighted by atomic mass is 19.4. The Morgan fingerprint density at radius 1 is 1.28 bits per heavy atom. The third kappa shape index (κ3) is 5.00. The van der Waals surface area contributed by atoms with Crippen molar-refractivity contribution in [1.82, 2.24) is 15.1 Å². The molecule has 1 aliphatic rings. The van der Waals surface area contributed by atoms with E-state index in [0.717, 1.165) is 31.7 Å². The number of benzene rings is 1. The summed E-state index contributed by atoms with van der Waals surface area (Å²) < 4.78 is 42.4. The number of aromatic nitrogens is 2. The van der Waals surface area contributed by atoms with E-state index in [1.807, 2.05) is 0 Å². The minimum atomic E-state index is -4.59. The van der Waals surface area contributed by atoms with Crippen molar-refractivity contribution >= 4 is 18.2 Å². The number of rotatable bonds is 8. The molecule has 2 unspecified atom stereocenters. The van der Waals surface area contributed by atoms with Gasteiger partial charge in [0.05, 0.1) is 23.2 Å². The maximum absolute atomic E-state index is 13.6. The average molecular weight is 451 g/mol. The van der Waals surface area contributed by atoms with Crippen molar-refractivity contribution in [2.75, 3.05) is 0 Å². The lowest BCUT2D eigenvalue weighted by Crippen LogP contribution is -2.42. The second-order valence-corrected chi connectivity index (χ2v) is 7.95. The predicted octanol–water partition coefficient (Wildman–Crippen LogP) is 4.09. The second kappa shape index (κ2) is 9.54. The molecule has 2 N–H and O–H groups in total. The topological polar surface area (TPSA) is 101 Å². The Balaban J connectivity index is 2.02. The molecule has 172 valence electrons. The third-order valence-corrected chi connectivity index (χ3v) is 5.81. The van der Waals surface area contributed by atoms with Crippen molar-refractivity contribution in [2.45, 2.75) is 57.3 Å². The van der Waals surface area contributed by atoms with Gasteiger partial charge in [-0.15, -0.1) is 0 Å². The van der Waals surface area contributed by atoms with Gasteiger partial charge in [-0.1, -0.05) is 31.0 Å². The van der Waals surface area contributed by atoms with Crippen molar-refractivity contribution < 1.29 is 32.7 Å². The van der Waals surface area contributed by atoms with Crippen LogP contribution in [0, 0.1) is 5.92 Å². The Kier molecular flexibility index (Phi) is 7.00. The largest absolute Gasteiger partial charge is 0.481 e. The van der Waals surface area contributed by atoms with Crippen LogP contribution in [-0.4, -0.2) is 39.1 Å². The maximum atomic E-state index is 13.6. The van der Waals surface area contributed by atoms with Gasteiger partial charge in [0.2, 0.25) is 0 Å². The fourth-order valence-corrected chi connectivity index (χ4v) is 3.99. The number of aldehydes is 1. The van der Waals surface area contributed by atoms with E-state index < -0.39 is 35.6 Å². The van der Waals surface area contributed by atoms with Gasteiger partial charge in [-0.3, -0.25) is 14.3 Å². The molecule has 1 fully saturated rings. The molecule has 1 aromatic heterocycles. The molecule has 1 amide bonds. The molecule has 0 spiro atoms. The molecule has 10 heteroatoms. The Morgan fingerprint density at radius 3 is 2.53 bits per heavy atom. The zero-order chi connectivity index (χ0) is 23.5. The lowest BCUT2D eigenvalue weighted by atomic mass is 9.99. The monoisotopic (exact) mass is 451 g/mol. The summed E-state index contributed by atoms with van der Waals surface area (Å²) in [4.78, 5) is 35.1. The SMILES string of the molecule is CC(C(=O)O)C(CC=O)NC(=O)c1cc(-c2ccccc2C(F)(F)F)n(C2CCCC2)n1. The molecule has 0 saturated heterocycles. The fraction of sp³-hybridized carbons (Fsp3) is 0.455. The van der Waals surface area contributed by atoms with Crippen LogP contribution >= 0.6 is 0 Å². The number of nitrogens with one attached hydrogen (secondary N) is 1. The van der Waals surface area contributed by atoms with Crippen molar-refractivity contribution in [3.63, 3.8) is 0 Å². The molecule has 2 aromatic rings. The van der Waals surface area contributed by atoms with Gasteiger partial charge in [-0.25, -0.2) is 0 Å². The van der Waals surface area contributed by atoms with Gasteiger partial charge in [-0.05, 0) is 31.9 Å². The number of carbonyl (C=O) groups is 3. The number of carboxylic acids is 1. The molecular weight excluding hydrogens is 427 g/mol. The van der Waals surface area contributed by atoms with Crippen LogP contribution in [0.15, 0.2) is 30.3 Å². The van der Waals surface area contributed by atoms with E-state index in [1.54, 1.807) is 0 Å². The number of hydrogen-bond acceptors (Lipinski definition) is 4. The fourth-order valence-electron chi connectivity index (χ4n) is 3.99. The Hall–Kier alpha value is -3.17. The molecule has 2 atom stereocenters. The van der Waals surface area contributed by atoms with Gasteiger partial charge in [0.25, 0.3) is 5.91 Å². The molecule has 0 bridgehead atoms. The summed E-state index contributed by atoms with van der Waals surface area (Å²) in [6, 6.07) is 5.29. The van der Waals surface area contributed by atoms with Crippen molar-refractivity contribution in [1.29, 1.82) is 0 Å². The summed E-state index contributed by atoms with van der Waals surface area (Å²) >= 11 is 0. The molecule has 1 saturated carbocycles. The highest BCUT2D eigenvalue weighted by Gasteiger charge is 2.35. The van der Waals surface area contributed by atoms with Crippen LogP contribution in [0.1, 0.15) is 61.1 Å². The van der Waals surface area contributed by atoms with Gasteiger partial charge in [0, 0.05) is 18.0 Å². The van der Waals surface area contributed by atoms with Crippen molar-refractivity contribution in [3.8, 4) is 11.3 Å². The lowest BCUT2D eigenvalue weighted by molar-refractivity contribution is -0.142. The first kappa shape index (κ1) is 23.5. The number of hydrogen-bond donors (Lipinski definition) is 2. The smallest absolute Gasteiger partial charge is 0.417 e. The minimum absolute atomic E-state index is 0.0817. The first-order chi connectivity index (χ1) is 15.1. The van der Waals surface area contributed by atoms with E-state index >= 15 is 0 Å². The number of alkyl halides is 3. The number of halogens is 3. The molecule has 7 nitrogen and oxygen atoms in total. The van der Waals surface area contributed by atoms with E-state index in [4.69, 9.17) is 0 Å². The average Bonchev–Trinajstić information content (AvgIpc) is 3.42. The zero-order valence-electron chi connectivity index (χ0n) is 17.4. The van der Waals surface area contributed by atoms with Crippen LogP contribution in [-0.2, 0) is 15.8 Å². The van der Waals surface area contributed by atoms with Gasteiger partial charge >= 0.3 is 12.1 Å². The van der Waals surface area contributed by atoms with E-state index in [0.29, 0.717) is 6.29 Å². The number of carbonyl (C=O) groups excluding carboxylic acids is 2. The summed E-state index contributed by atoms with van der Waals surface area (Å²) in [7, 11) is 0. The summed E-state index contributed by atoms with van der Waals surface area (Å²) in [5.41, 5.74) is -0.864. The normalized spacial score (nSPS) is 16.5. The van der Waals surface area contributed by atoms with Crippen LogP contribution in [0.2, 0.25) is 0 Å². The molecule has 1 aliphatic carbocycles. The summed E-state index contributed by atoms with van der Waals surface area (Å²) in [5, 5.41) is 16.0. The molecule has 0 radical (unpaired) electrons. The molecule has 3 rings (SSSR count). The van der Waals surface area contributed by atoms with Gasteiger partial charge in [-0.2, -0.15) is 18.3 Å². The summed E-state index contributed by atoms with van der Waals surface area (Å²) in [5.74, 6) is -2.97. The number of amides is 1. The standard InChI is InChI=1S/C22H24F3N3O4/c1-13(21(31)32)17(10-11-29)26-20(30)18-12-19(28(27-18)14-6-2-3-7-14)15-8-4-5-9-16(15)22(23,24)25/h4-5,8-9,11-14,17H,2-3,6-7,10H2,1H3,(H,26,30)(H,31,32). The molecule has 1 heterocycles. The van der Waals surface area contributed by atoms with E-state index in [1.165, 1.54) is 35.9 Å². The van der Waals surface area contributed by atoms with Crippen LogP contribution < -0.4 is 5.32 Å². The summed E-state index contributed by atoms with van der Waals surface area (Å²) in [6.07, 6.45) is -1.02. The van der Waals surface area contributed by atoms with Gasteiger partial charge in [0.15, 0.2) is 5.69 Å². The number of carboxylic acid groups (broad SMARTS) is 1. The first-order valence-corrected chi connectivity index (χ1v) is 10.4. The van der Waals surface area contributed by atoms with E-state index in [2.05, 4.69) is 10.4 Å². The minimum Gasteiger partial charge on any atom is -0.481 e. The zero-order valence-corrected chi connectivity index (χ0v) is 17.4. The van der Waals surface area contributed by atoms with Crippen LogP contribution in [0.5, 0.6) is 0 Å². The van der Waals surface area contributed by atoms with Crippen LogP contribution in [0.25, 0.3) is 11.3 Å².